The molecule has 0 bridgehead atoms. The fourth-order valence-corrected chi connectivity index (χ4v) is 3.06. The first-order chi connectivity index (χ1) is 12.5. The van der Waals surface area contributed by atoms with Crippen LogP contribution in [0.2, 0.25) is 0 Å². The fourth-order valence-electron chi connectivity index (χ4n) is 2.20. The van der Waals surface area contributed by atoms with Crippen LogP contribution in [0.4, 0.5) is 4.39 Å². The van der Waals surface area contributed by atoms with Gasteiger partial charge < -0.3 is 10.1 Å². The van der Waals surface area contributed by atoms with E-state index in [4.69, 9.17) is 4.74 Å². The number of aliphatic imine (C=N–C) groups is 1. The van der Waals surface area contributed by atoms with Gasteiger partial charge in [0, 0.05) is 12.5 Å². The van der Waals surface area contributed by atoms with Gasteiger partial charge in [0.15, 0.2) is 5.17 Å². The van der Waals surface area contributed by atoms with E-state index in [-0.39, 0.29) is 23.5 Å². The minimum Gasteiger partial charge on any atom is -0.489 e. The molecule has 1 aliphatic heterocycles. The Balaban J connectivity index is 1.62. The van der Waals surface area contributed by atoms with Crippen molar-refractivity contribution in [1.29, 1.82) is 0 Å². The first-order valence-electron chi connectivity index (χ1n) is 7.78. The van der Waals surface area contributed by atoms with Gasteiger partial charge in [-0.3, -0.25) is 9.59 Å². The van der Waals surface area contributed by atoms with Crippen LogP contribution in [0.15, 0.2) is 58.4 Å². The average Bonchev–Trinajstić information content (AvgIpc) is 2.94. The molecule has 0 radical (unpaired) electrons. The van der Waals surface area contributed by atoms with E-state index >= 15 is 0 Å². The largest absolute Gasteiger partial charge is 0.489 e. The maximum Gasteiger partial charge on any atom is 0.286 e. The van der Waals surface area contributed by atoms with Crippen LogP contribution < -0.4 is 10.1 Å². The van der Waals surface area contributed by atoms with E-state index in [1.54, 1.807) is 48.5 Å². The van der Waals surface area contributed by atoms with E-state index in [0.29, 0.717) is 16.2 Å². The van der Waals surface area contributed by atoms with Gasteiger partial charge in [0.1, 0.15) is 18.2 Å². The van der Waals surface area contributed by atoms with Crippen molar-refractivity contribution in [2.45, 2.75) is 13.5 Å². The number of amides is 2. The number of carbonyl (C=O) groups is 2. The van der Waals surface area contributed by atoms with Crippen LogP contribution in [0.3, 0.4) is 0 Å². The van der Waals surface area contributed by atoms with Crippen molar-refractivity contribution in [2.75, 3.05) is 0 Å². The second-order valence-corrected chi connectivity index (χ2v) is 6.49. The third kappa shape index (κ3) is 4.58. The standard InChI is InChI=1S/C19H15FN2O3S/c1-12(23)21-19-22-18(24)17(26-19)10-13-6-8-15(9-7-13)25-11-14-4-2-3-5-16(14)20/h2-10H,11H2,1H3,(H,21,22,23,24)/b17-10-. The highest BCUT2D eigenvalue weighted by Crippen LogP contribution is 2.28. The Kier molecular flexibility index (Phi) is 5.48. The van der Waals surface area contributed by atoms with Crippen molar-refractivity contribution < 1.29 is 18.7 Å². The maximum absolute atomic E-state index is 13.6. The normalized spacial score (nSPS) is 15.1. The number of hydrogen-bond acceptors (Lipinski definition) is 4. The number of ether oxygens (including phenoxy) is 1. The van der Waals surface area contributed by atoms with Crippen LogP contribution in [0.25, 0.3) is 6.08 Å². The number of hydrogen-bond donors (Lipinski definition) is 1. The average molecular weight is 370 g/mol. The van der Waals surface area contributed by atoms with Gasteiger partial charge in [-0.15, -0.1) is 0 Å². The number of thioether (sulfide) groups is 1. The van der Waals surface area contributed by atoms with E-state index in [1.165, 1.54) is 13.0 Å². The van der Waals surface area contributed by atoms with Gasteiger partial charge in [-0.25, -0.2) is 4.39 Å². The first kappa shape index (κ1) is 17.9. The SMILES string of the molecule is CC(=O)NC1=NC(=O)/C(=C/c2ccc(OCc3ccccc3F)cc2)S1. The van der Waals surface area contributed by atoms with Crippen molar-refractivity contribution >= 4 is 34.8 Å². The second kappa shape index (κ2) is 7.97. The van der Waals surface area contributed by atoms with Gasteiger partial charge in [0.05, 0.1) is 4.91 Å². The lowest BCUT2D eigenvalue weighted by molar-refractivity contribution is -0.117. The van der Waals surface area contributed by atoms with Crippen molar-refractivity contribution in [3.05, 3.63) is 70.4 Å². The highest BCUT2D eigenvalue weighted by molar-refractivity contribution is 8.18. The van der Waals surface area contributed by atoms with E-state index in [0.717, 1.165) is 17.3 Å². The molecule has 1 aliphatic rings. The van der Waals surface area contributed by atoms with Gasteiger partial charge in [0.2, 0.25) is 5.91 Å². The summed E-state index contributed by atoms with van der Waals surface area (Å²) in [6, 6.07) is 13.5. The number of rotatable bonds is 4. The molecule has 0 saturated heterocycles. The number of nitrogens with zero attached hydrogens (tertiary/aromatic N) is 1. The van der Waals surface area contributed by atoms with Crippen LogP contribution in [0.1, 0.15) is 18.1 Å². The van der Waals surface area contributed by atoms with Gasteiger partial charge >= 0.3 is 0 Å². The zero-order valence-electron chi connectivity index (χ0n) is 13.9. The van der Waals surface area contributed by atoms with Crippen molar-refractivity contribution in [1.82, 2.24) is 5.32 Å². The molecule has 7 heteroatoms. The molecule has 0 aliphatic carbocycles. The predicted octanol–water partition coefficient (Wildman–Crippen LogP) is 3.51. The number of amidine groups is 1. The molecule has 2 amide bonds. The second-order valence-electron chi connectivity index (χ2n) is 5.46. The Labute approximate surface area is 154 Å². The van der Waals surface area contributed by atoms with Gasteiger partial charge in [-0.1, -0.05) is 30.3 Å². The first-order valence-corrected chi connectivity index (χ1v) is 8.59. The minimum atomic E-state index is -0.390. The summed E-state index contributed by atoms with van der Waals surface area (Å²) in [5, 5.41) is 2.77. The van der Waals surface area contributed by atoms with E-state index in [1.807, 2.05) is 0 Å². The summed E-state index contributed by atoms with van der Waals surface area (Å²) in [5.74, 6) is -0.378. The number of benzene rings is 2. The van der Waals surface area contributed by atoms with Crippen molar-refractivity contribution in [2.24, 2.45) is 4.99 Å². The van der Waals surface area contributed by atoms with Crippen LogP contribution in [-0.4, -0.2) is 17.0 Å². The van der Waals surface area contributed by atoms with Crippen LogP contribution >= 0.6 is 11.8 Å². The molecule has 26 heavy (non-hydrogen) atoms. The zero-order valence-corrected chi connectivity index (χ0v) is 14.7. The minimum absolute atomic E-state index is 0.134. The molecule has 0 atom stereocenters. The Hall–Kier alpha value is -2.93. The molecule has 0 saturated carbocycles. The monoisotopic (exact) mass is 370 g/mol. The van der Waals surface area contributed by atoms with E-state index in [9.17, 15) is 14.0 Å². The van der Waals surface area contributed by atoms with E-state index in [2.05, 4.69) is 10.3 Å². The van der Waals surface area contributed by atoms with Crippen molar-refractivity contribution in [3.8, 4) is 5.75 Å². The maximum atomic E-state index is 13.6. The zero-order chi connectivity index (χ0) is 18.5. The fraction of sp³-hybridized carbons (Fsp3) is 0.105. The van der Waals surface area contributed by atoms with Crippen LogP contribution in [0.5, 0.6) is 5.75 Å². The summed E-state index contributed by atoms with van der Waals surface area (Å²) >= 11 is 1.11. The lowest BCUT2D eigenvalue weighted by Crippen LogP contribution is -2.23. The lowest BCUT2D eigenvalue weighted by atomic mass is 10.2. The van der Waals surface area contributed by atoms with Crippen LogP contribution in [-0.2, 0) is 16.2 Å². The molecule has 0 unspecified atom stereocenters. The summed E-state index contributed by atoms with van der Waals surface area (Å²) < 4.78 is 19.1. The number of nitrogens with one attached hydrogen (secondary N) is 1. The molecule has 1 heterocycles. The van der Waals surface area contributed by atoms with Crippen LogP contribution in [0, 0.1) is 5.82 Å². The topological polar surface area (TPSA) is 67.8 Å². The molecule has 5 nitrogen and oxygen atoms in total. The lowest BCUT2D eigenvalue weighted by Gasteiger charge is -2.07. The molecular weight excluding hydrogens is 355 g/mol. The highest BCUT2D eigenvalue weighted by atomic mass is 32.2. The molecule has 2 aromatic carbocycles. The Morgan fingerprint density at radius 3 is 2.65 bits per heavy atom. The quantitative estimate of drug-likeness (QED) is 0.837. The summed E-state index contributed by atoms with van der Waals surface area (Å²) in [5.41, 5.74) is 1.27. The summed E-state index contributed by atoms with van der Waals surface area (Å²) in [6.07, 6.45) is 1.69. The number of carbonyl (C=O) groups excluding carboxylic acids is 2. The molecule has 132 valence electrons. The number of halogens is 1. The Morgan fingerprint density at radius 1 is 1.23 bits per heavy atom. The van der Waals surface area contributed by atoms with Gasteiger partial charge in [-0.05, 0) is 41.6 Å². The van der Waals surface area contributed by atoms with Gasteiger partial charge in [-0.2, -0.15) is 4.99 Å². The molecular formula is C19H15FN2O3S. The smallest absolute Gasteiger partial charge is 0.286 e. The summed E-state index contributed by atoms with van der Waals surface area (Å²) in [7, 11) is 0. The Bertz CT molecular complexity index is 907. The van der Waals surface area contributed by atoms with Gasteiger partial charge in [0.25, 0.3) is 5.91 Å². The predicted molar refractivity (Wildman–Crippen MR) is 99.0 cm³/mol. The molecule has 0 fully saturated rings. The summed E-state index contributed by atoms with van der Waals surface area (Å²) in [4.78, 5) is 27.1. The third-order valence-electron chi connectivity index (χ3n) is 3.43. The molecule has 0 aromatic heterocycles. The highest BCUT2D eigenvalue weighted by Gasteiger charge is 2.22. The Morgan fingerprint density at radius 2 is 1.96 bits per heavy atom. The molecule has 0 spiro atoms. The molecule has 2 aromatic rings. The van der Waals surface area contributed by atoms with Crippen molar-refractivity contribution in [3.63, 3.8) is 0 Å². The van der Waals surface area contributed by atoms with E-state index < -0.39 is 5.91 Å². The third-order valence-corrected chi connectivity index (χ3v) is 4.33. The molecule has 3 rings (SSSR count). The summed E-state index contributed by atoms with van der Waals surface area (Å²) in [6.45, 7) is 1.49. The molecule has 1 N–H and O–H groups in total.